The zero-order chi connectivity index (χ0) is 18.4. The smallest absolute Gasteiger partial charge is 0.223 e. The average Bonchev–Trinajstić information content (AvgIpc) is 3.47. The number of fused-ring (bicyclic) bond motifs is 2. The lowest BCUT2D eigenvalue weighted by Crippen LogP contribution is -2.49. The summed E-state index contributed by atoms with van der Waals surface area (Å²) in [6.45, 7) is 3.20. The van der Waals surface area contributed by atoms with Gasteiger partial charge in [0.25, 0.3) is 0 Å². The highest BCUT2D eigenvalue weighted by Gasteiger charge is 2.35. The molecule has 2 saturated carbocycles. The molecule has 2 unspecified atom stereocenters. The second-order valence-corrected chi connectivity index (χ2v) is 9.10. The van der Waals surface area contributed by atoms with Gasteiger partial charge in [-0.2, -0.15) is 0 Å². The zero-order valence-corrected chi connectivity index (χ0v) is 16.6. The lowest BCUT2D eigenvalue weighted by Gasteiger charge is -2.44. The minimum atomic E-state index is 0.396. The van der Waals surface area contributed by atoms with E-state index in [1.807, 2.05) is 0 Å². The van der Waals surface area contributed by atoms with Crippen LogP contribution in [0.5, 0.6) is 0 Å². The number of benzene rings is 1. The van der Waals surface area contributed by atoms with Gasteiger partial charge in [0.2, 0.25) is 5.91 Å². The van der Waals surface area contributed by atoms with Crippen LogP contribution in [0.3, 0.4) is 0 Å². The van der Waals surface area contributed by atoms with Gasteiger partial charge >= 0.3 is 0 Å². The number of carbonyl (C=O) groups excluding carboxylic acids is 1. The Balaban J connectivity index is 1.34. The van der Waals surface area contributed by atoms with Crippen molar-refractivity contribution >= 4 is 16.8 Å². The fraction of sp³-hybridized carbons (Fsp3) is 0.625. The van der Waals surface area contributed by atoms with Crippen LogP contribution in [0.4, 0.5) is 0 Å². The number of carbonyl (C=O) groups is 1. The maximum Gasteiger partial charge on any atom is 0.223 e. The highest BCUT2D eigenvalue weighted by atomic mass is 16.2. The summed E-state index contributed by atoms with van der Waals surface area (Å²) in [5, 5.41) is 1.39. The van der Waals surface area contributed by atoms with Crippen molar-refractivity contribution < 1.29 is 4.79 Å². The fourth-order valence-corrected chi connectivity index (χ4v) is 5.75. The lowest BCUT2D eigenvalue weighted by molar-refractivity contribution is -0.137. The normalized spacial score (nSPS) is 25.6. The van der Waals surface area contributed by atoms with Crippen LogP contribution in [-0.4, -0.2) is 28.0 Å². The number of hydrogen-bond donors (Lipinski definition) is 0. The third-order valence-corrected chi connectivity index (χ3v) is 7.26. The van der Waals surface area contributed by atoms with Gasteiger partial charge in [0.05, 0.1) is 0 Å². The third-order valence-electron chi connectivity index (χ3n) is 7.26. The highest BCUT2D eigenvalue weighted by molar-refractivity contribution is 5.88. The van der Waals surface area contributed by atoms with E-state index < -0.39 is 0 Å². The number of amides is 1. The summed E-state index contributed by atoms with van der Waals surface area (Å²) in [4.78, 5) is 15.4. The molecule has 5 rings (SSSR count). The zero-order valence-electron chi connectivity index (χ0n) is 16.6. The molecule has 2 aliphatic carbocycles. The van der Waals surface area contributed by atoms with E-state index in [1.165, 1.54) is 73.4 Å². The van der Waals surface area contributed by atoms with E-state index in [-0.39, 0.29) is 0 Å². The Morgan fingerprint density at radius 2 is 1.89 bits per heavy atom. The molecule has 3 aliphatic rings. The van der Waals surface area contributed by atoms with Gasteiger partial charge in [0.15, 0.2) is 0 Å². The molecule has 27 heavy (non-hydrogen) atoms. The summed E-state index contributed by atoms with van der Waals surface area (Å²) in [6, 6.07) is 7.85. The molecule has 0 radical (unpaired) electrons. The van der Waals surface area contributed by atoms with E-state index in [0.717, 1.165) is 18.9 Å². The van der Waals surface area contributed by atoms with Crippen molar-refractivity contribution in [2.45, 2.75) is 83.2 Å². The predicted octanol–water partition coefficient (Wildman–Crippen LogP) is 5.40. The Bertz CT molecular complexity index is 845. The van der Waals surface area contributed by atoms with Crippen molar-refractivity contribution in [3.05, 3.63) is 35.5 Å². The van der Waals surface area contributed by atoms with Crippen LogP contribution in [0.25, 0.3) is 10.9 Å². The van der Waals surface area contributed by atoms with Gasteiger partial charge in [-0.05, 0) is 75.0 Å². The molecule has 2 aromatic rings. The molecule has 0 N–H and O–H groups in total. The van der Waals surface area contributed by atoms with Gasteiger partial charge in [-0.15, -0.1) is 0 Å². The first kappa shape index (κ1) is 17.3. The molecule has 3 nitrogen and oxygen atoms in total. The monoisotopic (exact) mass is 364 g/mol. The SMILES string of the molecule is Cc1cccc2c1c(CCC(=O)N1CCCC3CCCCC31)cn2C1CC1. The lowest BCUT2D eigenvalue weighted by atomic mass is 9.78. The summed E-state index contributed by atoms with van der Waals surface area (Å²) >= 11 is 0. The first-order valence-corrected chi connectivity index (χ1v) is 11.1. The van der Waals surface area contributed by atoms with E-state index in [2.05, 4.69) is 40.8 Å². The Morgan fingerprint density at radius 3 is 2.74 bits per heavy atom. The third kappa shape index (κ3) is 3.19. The molecule has 2 heterocycles. The molecule has 1 aliphatic heterocycles. The molecule has 3 heteroatoms. The summed E-state index contributed by atoms with van der Waals surface area (Å²) in [7, 11) is 0. The van der Waals surface area contributed by atoms with Gasteiger partial charge in [-0.1, -0.05) is 25.0 Å². The van der Waals surface area contributed by atoms with Crippen molar-refractivity contribution in [2.24, 2.45) is 5.92 Å². The summed E-state index contributed by atoms with van der Waals surface area (Å²) < 4.78 is 2.47. The number of nitrogens with zero attached hydrogens (tertiary/aromatic N) is 2. The molecule has 1 amide bonds. The van der Waals surface area contributed by atoms with E-state index in [4.69, 9.17) is 0 Å². The van der Waals surface area contributed by atoms with Crippen LogP contribution in [0.1, 0.15) is 75.0 Å². The molecular formula is C24H32N2O. The number of rotatable bonds is 4. The largest absolute Gasteiger partial charge is 0.344 e. The van der Waals surface area contributed by atoms with Crippen LogP contribution < -0.4 is 0 Å². The minimum Gasteiger partial charge on any atom is -0.344 e. The highest BCUT2D eigenvalue weighted by Crippen LogP contribution is 2.40. The predicted molar refractivity (Wildman–Crippen MR) is 110 cm³/mol. The van der Waals surface area contributed by atoms with Gasteiger partial charge < -0.3 is 9.47 Å². The average molecular weight is 365 g/mol. The van der Waals surface area contributed by atoms with Gasteiger partial charge in [0.1, 0.15) is 0 Å². The molecule has 1 saturated heterocycles. The van der Waals surface area contributed by atoms with E-state index in [9.17, 15) is 4.79 Å². The molecular weight excluding hydrogens is 332 g/mol. The van der Waals surface area contributed by atoms with Gasteiger partial charge in [0, 0.05) is 42.1 Å². The molecule has 0 spiro atoms. The minimum absolute atomic E-state index is 0.396. The van der Waals surface area contributed by atoms with Crippen molar-refractivity contribution in [2.75, 3.05) is 6.54 Å². The summed E-state index contributed by atoms with van der Waals surface area (Å²) in [5.41, 5.74) is 4.09. The van der Waals surface area contributed by atoms with Crippen LogP contribution in [-0.2, 0) is 11.2 Å². The molecule has 144 valence electrons. The first-order chi connectivity index (χ1) is 13.2. The fourth-order valence-electron chi connectivity index (χ4n) is 5.75. The quantitative estimate of drug-likeness (QED) is 0.713. The molecule has 0 bridgehead atoms. The number of likely N-dealkylation sites (tertiary alicyclic amines) is 1. The number of aryl methyl sites for hydroxylation is 2. The Labute approximate surface area is 162 Å². The van der Waals surface area contributed by atoms with Crippen LogP contribution in [0, 0.1) is 12.8 Å². The standard InChI is InChI=1S/C24H32N2O/c1-17-6-4-10-22-24(17)19(16-26(22)20-12-13-20)11-14-23(27)25-15-5-8-18-7-2-3-9-21(18)25/h4,6,10,16,18,20-21H,2-3,5,7-9,11-15H2,1H3. The van der Waals surface area contributed by atoms with E-state index in [1.54, 1.807) is 0 Å². The second kappa shape index (κ2) is 7.00. The van der Waals surface area contributed by atoms with Crippen LogP contribution >= 0.6 is 0 Å². The van der Waals surface area contributed by atoms with Gasteiger partial charge in [-0.25, -0.2) is 0 Å². The van der Waals surface area contributed by atoms with Crippen molar-refractivity contribution in [1.29, 1.82) is 0 Å². The Hall–Kier alpha value is -1.77. The topological polar surface area (TPSA) is 25.2 Å². The van der Waals surface area contributed by atoms with Crippen LogP contribution in [0.15, 0.2) is 24.4 Å². The molecule has 3 fully saturated rings. The van der Waals surface area contributed by atoms with Crippen LogP contribution in [0.2, 0.25) is 0 Å². The molecule has 1 aromatic heterocycles. The maximum atomic E-state index is 13.1. The second-order valence-electron chi connectivity index (χ2n) is 9.10. The van der Waals surface area contributed by atoms with E-state index >= 15 is 0 Å². The molecule has 2 atom stereocenters. The van der Waals surface area contributed by atoms with Gasteiger partial charge in [-0.3, -0.25) is 4.79 Å². The van der Waals surface area contributed by atoms with Crippen molar-refractivity contribution in [3.8, 4) is 0 Å². The van der Waals surface area contributed by atoms with E-state index in [0.29, 0.717) is 24.4 Å². The number of hydrogen-bond acceptors (Lipinski definition) is 1. The van der Waals surface area contributed by atoms with Crippen molar-refractivity contribution in [1.82, 2.24) is 9.47 Å². The number of aromatic nitrogens is 1. The Kier molecular flexibility index (Phi) is 4.49. The number of piperidine rings is 1. The maximum absolute atomic E-state index is 13.1. The summed E-state index contributed by atoms with van der Waals surface area (Å²) in [5.74, 6) is 1.17. The molecule has 1 aromatic carbocycles. The first-order valence-electron chi connectivity index (χ1n) is 11.1. The van der Waals surface area contributed by atoms with Crippen molar-refractivity contribution in [3.63, 3.8) is 0 Å². The Morgan fingerprint density at radius 1 is 1.07 bits per heavy atom. The summed E-state index contributed by atoms with van der Waals surface area (Å²) in [6.07, 6.45) is 14.3.